The Balaban J connectivity index is 1.35. The van der Waals surface area contributed by atoms with Crippen LogP contribution in [0.4, 0.5) is 0 Å². The molecular weight excluding hydrogens is 336 g/mol. The number of fused-ring (bicyclic) bond motifs is 2. The van der Waals surface area contributed by atoms with Crippen molar-refractivity contribution in [3.8, 4) is 11.3 Å². The summed E-state index contributed by atoms with van der Waals surface area (Å²) in [6.07, 6.45) is 5.57. The minimum Gasteiger partial charge on any atom is -0.331 e. The third-order valence-corrected chi connectivity index (χ3v) is 6.13. The van der Waals surface area contributed by atoms with Gasteiger partial charge in [0.15, 0.2) is 5.78 Å². The highest BCUT2D eigenvalue weighted by Crippen LogP contribution is 2.44. The van der Waals surface area contributed by atoms with Crippen molar-refractivity contribution in [2.45, 2.75) is 19.8 Å². The molecule has 0 radical (unpaired) electrons. The minimum atomic E-state index is 0.265. The molecule has 5 rings (SSSR count). The molecule has 0 N–H and O–H groups in total. The Bertz CT molecular complexity index is 1030. The molecule has 0 amide bonds. The molecule has 2 atom stereocenters. The molecule has 2 unspecified atom stereocenters. The highest BCUT2D eigenvalue weighted by Gasteiger charge is 2.45. The summed E-state index contributed by atoms with van der Waals surface area (Å²) in [6, 6.07) is 8.41. The number of carbonyl (C=O) groups excluding carboxylic acids is 1. The van der Waals surface area contributed by atoms with Gasteiger partial charge in [-0.15, -0.1) is 0 Å². The number of hydrogen-bond donors (Lipinski definition) is 0. The molecule has 0 bridgehead atoms. The van der Waals surface area contributed by atoms with Gasteiger partial charge >= 0.3 is 0 Å². The Morgan fingerprint density at radius 3 is 2.67 bits per heavy atom. The fourth-order valence-corrected chi connectivity index (χ4v) is 4.34. The van der Waals surface area contributed by atoms with E-state index < -0.39 is 0 Å². The van der Waals surface area contributed by atoms with Gasteiger partial charge in [-0.25, -0.2) is 4.98 Å². The topological polar surface area (TPSA) is 51.0 Å². The van der Waals surface area contributed by atoms with Gasteiger partial charge in [-0.1, -0.05) is 12.1 Å². The van der Waals surface area contributed by atoms with E-state index in [0.29, 0.717) is 13.0 Å². The first kappa shape index (κ1) is 16.6. The monoisotopic (exact) mass is 360 g/mol. The van der Waals surface area contributed by atoms with E-state index in [-0.39, 0.29) is 5.78 Å². The van der Waals surface area contributed by atoms with Gasteiger partial charge in [0, 0.05) is 43.0 Å². The molecule has 27 heavy (non-hydrogen) atoms. The molecule has 3 heterocycles. The number of rotatable bonds is 5. The molecule has 1 saturated carbocycles. The Morgan fingerprint density at radius 1 is 1.11 bits per heavy atom. The second-order valence-electron chi connectivity index (χ2n) is 8.15. The number of carbonyl (C=O) groups is 1. The number of imidazole rings is 1. The summed E-state index contributed by atoms with van der Waals surface area (Å²) in [6.45, 7) is 4.78. The van der Waals surface area contributed by atoms with E-state index in [9.17, 15) is 4.79 Å². The van der Waals surface area contributed by atoms with Gasteiger partial charge in [0.1, 0.15) is 5.82 Å². The summed E-state index contributed by atoms with van der Waals surface area (Å²) in [4.78, 5) is 23.7. The number of piperidine rings is 1. The van der Waals surface area contributed by atoms with Crippen molar-refractivity contribution in [2.75, 3.05) is 19.6 Å². The Labute approximate surface area is 159 Å². The molecule has 1 aliphatic carbocycles. The fourth-order valence-electron chi connectivity index (χ4n) is 4.34. The average Bonchev–Trinajstić information content (AvgIpc) is 3.12. The molecule has 0 spiro atoms. The van der Waals surface area contributed by atoms with Gasteiger partial charge in [-0.3, -0.25) is 14.7 Å². The third-order valence-electron chi connectivity index (χ3n) is 6.13. The summed E-state index contributed by atoms with van der Waals surface area (Å²) in [5.41, 5.74) is 3.08. The molecule has 2 aliphatic rings. The zero-order chi connectivity index (χ0) is 18.5. The quantitative estimate of drug-likeness (QED) is 0.702. The smallest absolute Gasteiger partial charge is 0.152 e. The van der Waals surface area contributed by atoms with Crippen LogP contribution in [0.25, 0.3) is 22.0 Å². The van der Waals surface area contributed by atoms with Crippen LogP contribution in [0.15, 0.2) is 36.7 Å². The molecule has 1 aromatic carbocycles. The average molecular weight is 360 g/mol. The number of likely N-dealkylation sites (tertiary alicyclic amines) is 1. The standard InChI is InChI=1S/C22H24N4O/c1-14-23-10-22(25(14)2)15-3-4-16-9-24-20(7-17(16)5-15)8-21(27)13-26-11-18-6-19(18)12-26/h3-5,7,9-10,18-19H,6,8,11-13H2,1-2H3. The van der Waals surface area contributed by atoms with E-state index in [1.54, 1.807) is 0 Å². The SMILES string of the molecule is Cc1ncc(-c2ccc3cnc(CC(=O)CN4CC5CC5C4)cc3c2)n1C. The van der Waals surface area contributed by atoms with E-state index >= 15 is 0 Å². The van der Waals surface area contributed by atoms with E-state index in [1.165, 1.54) is 6.42 Å². The van der Waals surface area contributed by atoms with Crippen LogP contribution in [-0.4, -0.2) is 44.9 Å². The van der Waals surface area contributed by atoms with Gasteiger partial charge in [0.2, 0.25) is 0 Å². The summed E-state index contributed by atoms with van der Waals surface area (Å²) in [7, 11) is 2.03. The number of benzene rings is 1. The van der Waals surface area contributed by atoms with Crippen LogP contribution in [-0.2, 0) is 18.3 Å². The molecular formula is C22H24N4O. The van der Waals surface area contributed by atoms with Crippen LogP contribution in [0.1, 0.15) is 17.9 Å². The predicted molar refractivity (Wildman–Crippen MR) is 105 cm³/mol. The molecule has 2 fully saturated rings. The highest BCUT2D eigenvalue weighted by atomic mass is 16.1. The Morgan fingerprint density at radius 2 is 1.93 bits per heavy atom. The summed E-state index contributed by atoms with van der Waals surface area (Å²) < 4.78 is 2.09. The zero-order valence-electron chi connectivity index (χ0n) is 15.9. The lowest BCUT2D eigenvalue weighted by molar-refractivity contribution is -0.119. The summed E-state index contributed by atoms with van der Waals surface area (Å²) in [5.74, 6) is 2.99. The lowest BCUT2D eigenvalue weighted by Gasteiger charge is -2.16. The Hall–Kier alpha value is -2.53. The third kappa shape index (κ3) is 3.16. The number of ketones is 1. The zero-order valence-corrected chi connectivity index (χ0v) is 15.9. The van der Waals surface area contributed by atoms with Crippen LogP contribution in [0.5, 0.6) is 0 Å². The first-order chi connectivity index (χ1) is 13.1. The van der Waals surface area contributed by atoms with E-state index in [0.717, 1.165) is 58.5 Å². The molecule has 5 heteroatoms. The van der Waals surface area contributed by atoms with Crippen molar-refractivity contribution in [1.82, 2.24) is 19.4 Å². The first-order valence-corrected chi connectivity index (χ1v) is 9.68. The second kappa shape index (κ2) is 6.27. The number of pyridine rings is 1. The lowest BCUT2D eigenvalue weighted by Crippen LogP contribution is -2.30. The van der Waals surface area contributed by atoms with Crippen molar-refractivity contribution in [3.63, 3.8) is 0 Å². The molecule has 5 nitrogen and oxygen atoms in total. The second-order valence-corrected chi connectivity index (χ2v) is 8.15. The Kier molecular flexibility index (Phi) is 3.86. The largest absolute Gasteiger partial charge is 0.331 e. The molecule has 1 aliphatic heterocycles. The normalized spacial score (nSPS) is 21.6. The first-order valence-electron chi connectivity index (χ1n) is 9.68. The maximum absolute atomic E-state index is 12.5. The van der Waals surface area contributed by atoms with E-state index in [2.05, 4.69) is 43.7 Å². The molecule has 1 saturated heterocycles. The molecule has 2 aromatic heterocycles. The number of hydrogen-bond acceptors (Lipinski definition) is 4. The minimum absolute atomic E-state index is 0.265. The van der Waals surface area contributed by atoms with E-state index in [1.807, 2.05) is 26.4 Å². The van der Waals surface area contributed by atoms with Crippen LogP contribution >= 0.6 is 0 Å². The number of aryl methyl sites for hydroxylation is 1. The van der Waals surface area contributed by atoms with Crippen molar-refractivity contribution in [2.24, 2.45) is 18.9 Å². The van der Waals surface area contributed by atoms with Crippen LogP contribution in [0, 0.1) is 18.8 Å². The fraction of sp³-hybridized carbons (Fsp3) is 0.409. The highest BCUT2D eigenvalue weighted by molar-refractivity contribution is 5.88. The van der Waals surface area contributed by atoms with Crippen LogP contribution in [0.3, 0.4) is 0 Å². The number of nitrogens with zero attached hydrogens (tertiary/aromatic N) is 4. The predicted octanol–water partition coefficient (Wildman–Crippen LogP) is 3.01. The van der Waals surface area contributed by atoms with Crippen molar-refractivity contribution >= 4 is 16.6 Å². The van der Waals surface area contributed by atoms with Crippen molar-refractivity contribution in [1.29, 1.82) is 0 Å². The van der Waals surface area contributed by atoms with Crippen LogP contribution < -0.4 is 0 Å². The summed E-state index contributed by atoms with van der Waals surface area (Å²) in [5, 5.41) is 2.21. The lowest BCUT2D eigenvalue weighted by atomic mass is 10.0. The molecule has 138 valence electrons. The number of Topliss-reactive ketones (excluding diaryl/α,β-unsaturated/α-hetero) is 1. The number of aromatic nitrogens is 3. The van der Waals surface area contributed by atoms with Crippen molar-refractivity contribution < 1.29 is 4.79 Å². The van der Waals surface area contributed by atoms with Gasteiger partial charge in [-0.05, 0) is 42.7 Å². The van der Waals surface area contributed by atoms with Gasteiger partial charge < -0.3 is 4.57 Å². The van der Waals surface area contributed by atoms with Gasteiger partial charge in [0.05, 0.1) is 24.9 Å². The maximum atomic E-state index is 12.5. The molecule has 3 aromatic rings. The maximum Gasteiger partial charge on any atom is 0.152 e. The van der Waals surface area contributed by atoms with E-state index in [4.69, 9.17) is 0 Å². The van der Waals surface area contributed by atoms with Crippen LogP contribution in [0.2, 0.25) is 0 Å². The van der Waals surface area contributed by atoms with Gasteiger partial charge in [0.25, 0.3) is 0 Å². The summed E-state index contributed by atoms with van der Waals surface area (Å²) >= 11 is 0. The van der Waals surface area contributed by atoms with Crippen molar-refractivity contribution in [3.05, 3.63) is 48.2 Å². The van der Waals surface area contributed by atoms with Gasteiger partial charge in [-0.2, -0.15) is 0 Å².